The van der Waals surface area contributed by atoms with Crippen LogP contribution in [0.15, 0.2) is 47.6 Å². The maximum Gasteiger partial charge on any atom is 0.289 e. The summed E-state index contributed by atoms with van der Waals surface area (Å²) in [7, 11) is 1.64. The van der Waals surface area contributed by atoms with Gasteiger partial charge in [-0.1, -0.05) is 30.5 Å². The van der Waals surface area contributed by atoms with Crippen molar-refractivity contribution in [2.75, 3.05) is 25.6 Å². The second-order valence-corrected chi connectivity index (χ2v) is 8.85. The van der Waals surface area contributed by atoms with Crippen LogP contribution in [0.4, 0.5) is 5.82 Å². The molecule has 0 saturated heterocycles. The molecule has 1 saturated carbocycles. The predicted molar refractivity (Wildman–Crippen MR) is 138 cm³/mol. The Morgan fingerprint density at radius 1 is 1.20 bits per heavy atom. The number of aryl methyl sites for hydroxylation is 1. The average Bonchev–Trinajstić information content (AvgIpc) is 2.88. The lowest BCUT2D eigenvalue weighted by molar-refractivity contribution is 0.0938. The molecule has 1 fully saturated rings. The Morgan fingerprint density at radius 3 is 2.86 bits per heavy atom. The molecule has 2 atom stereocenters. The molecule has 1 aliphatic carbocycles. The number of amides is 1. The fraction of sp³-hybridized carbons (Fsp3) is 0.423. The molecule has 2 heterocycles. The van der Waals surface area contributed by atoms with Gasteiger partial charge in [0.2, 0.25) is 5.82 Å². The van der Waals surface area contributed by atoms with Crippen LogP contribution in [-0.2, 0) is 4.74 Å². The number of benzene rings is 1. The maximum atomic E-state index is 12.8. The Kier molecular flexibility index (Phi) is 8.20. The summed E-state index contributed by atoms with van der Waals surface area (Å²) in [4.78, 5) is 31.1. The quantitative estimate of drug-likeness (QED) is 0.246. The van der Waals surface area contributed by atoms with Gasteiger partial charge in [0.1, 0.15) is 17.3 Å². The second-order valence-electron chi connectivity index (χ2n) is 8.85. The third-order valence-corrected chi connectivity index (χ3v) is 6.15. The highest BCUT2D eigenvalue weighted by Crippen LogP contribution is 2.28. The van der Waals surface area contributed by atoms with Crippen LogP contribution in [-0.4, -0.2) is 59.0 Å². The topological polar surface area (TPSA) is 127 Å². The number of nitrogens with zero attached hydrogens (tertiary/aromatic N) is 4. The zero-order valence-corrected chi connectivity index (χ0v) is 20.3. The van der Waals surface area contributed by atoms with Crippen LogP contribution in [0.3, 0.4) is 0 Å². The van der Waals surface area contributed by atoms with Gasteiger partial charge in [0.15, 0.2) is 0 Å². The Balaban J connectivity index is 1.61. The predicted octanol–water partition coefficient (Wildman–Crippen LogP) is 3.23. The van der Waals surface area contributed by atoms with Crippen LogP contribution in [0.25, 0.3) is 10.9 Å². The normalized spacial score (nSPS) is 18.4. The lowest BCUT2D eigenvalue weighted by atomic mass is 9.90. The van der Waals surface area contributed by atoms with E-state index in [1.807, 2.05) is 43.3 Å². The van der Waals surface area contributed by atoms with E-state index >= 15 is 0 Å². The van der Waals surface area contributed by atoms with Gasteiger partial charge in [-0.3, -0.25) is 14.8 Å². The summed E-state index contributed by atoms with van der Waals surface area (Å²) in [5, 5.41) is 7.35. The number of pyridine rings is 1. The van der Waals surface area contributed by atoms with Crippen molar-refractivity contribution in [2.45, 2.75) is 51.1 Å². The molecular weight excluding hydrogens is 442 g/mol. The smallest absolute Gasteiger partial charge is 0.289 e. The Hall–Kier alpha value is -3.59. The number of aliphatic imine (C=N–C) groups is 1. The number of fused-ring (bicyclic) bond motifs is 1. The van der Waals surface area contributed by atoms with Crippen LogP contribution in [0.5, 0.6) is 0 Å². The summed E-state index contributed by atoms with van der Waals surface area (Å²) in [6.07, 6.45) is 6.45. The van der Waals surface area contributed by atoms with Crippen molar-refractivity contribution in [3.05, 3.63) is 59.7 Å². The molecule has 184 valence electrons. The third kappa shape index (κ3) is 6.30. The number of nitrogens with one attached hydrogen (secondary N) is 2. The van der Waals surface area contributed by atoms with Crippen LogP contribution < -0.4 is 16.4 Å². The number of carbonyl (C=O) groups excluding carboxylic acids is 1. The number of rotatable bonds is 9. The molecule has 1 aromatic carbocycles. The van der Waals surface area contributed by atoms with Gasteiger partial charge in [-0.05, 0) is 50.5 Å². The van der Waals surface area contributed by atoms with Crippen molar-refractivity contribution >= 4 is 28.5 Å². The fourth-order valence-corrected chi connectivity index (χ4v) is 4.32. The van der Waals surface area contributed by atoms with Gasteiger partial charge in [-0.15, -0.1) is 0 Å². The average molecular weight is 476 g/mol. The molecule has 0 aliphatic heterocycles. The van der Waals surface area contributed by atoms with Crippen molar-refractivity contribution < 1.29 is 9.53 Å². The van der Waals surface area contributed by atoms with Crippen LogP contribution in [0, 0.1) is 6.92 Å². The summed E-state index contributed by atoms with van der Waals surface area (Å²) < 4.78 is 5.05. The zero-order valence-electron chi connectivity index (χ0n) is 20.3. The highest BCUT2D eigenvalue weighted by atomic mass is 16.5. The van der Waals surface area contributed by atoms with E-state index in [1.54, 1.807) is 13.3 Å². The summed E-state index contributed by atoms with van der Waals surface area (Å²) in [6.45, 7) is 3.11. The molecule has 0 unspecified atom stereocenters. The molecule has 4 rings (SSSR count). The van der Waals surface area contributed by atoms with Crippen LogP contribution in [0.1, 0.15) is 54.0 Å². The number of methoxy groups -OCH3 is 1. The zero-order chi connectivity index (χ0) is 24.6. The lowest BCUT2D eigenvalue weighted by Crippen LogP contribution is -2.37. The standard InChI is InChI=1S/C26H33N7O2/c1-17-11-12-19-18(16-17)24(33-25(31-19)26(34)29-14-7-15-35-2)32-21-9-4-3-8-20(21)30-23(27)22-10-5-6-13-28-22/h5-6,10-13,16,20-21H,3-4,7-9,14-15H2,1-2H3,(H2,27,30)(H,29,34)(H,31,32,33)/t20-,21+/m1/s1. The SMILES string of the molecule is COCCCNC(=O)c1nc(N[C@H]2CCCC[C@H]2N=C(N)c2ccccn2)c2cc(C)ccc2n1. The van der Waals surface area contributed by atoms with Crippen molar-refractivity contribution in [3.63, 3.8) is 0 Å². The van der Waals surface area contributed by atoms with Crippen LogP contribution in [0.2, 0.25) is 0 Å². The number of hydrogen-bond acceptors (Lipinski definition) is 7. The largest absolute Gasteiger partial charge is 0.385 e. The molecule has 0 bridgehead atoms. The number of carbonyl (C=O) groups is 1. The summed E-state index contributed by atoms with van der Waals surface area (Å²) >= 11 is 0. The van der Waals surface area contributed by atoms with Crippen molar-refractivity contribution in [3.8, 4) is 0 Å². The van der Waals surface area contributed by atoms with Crippen LogP contribution >= 0.6 is 0 Å². The lowest BCUT2D eigenvalue weighted by Gasteiger charge is -2.30. The highest BCUT2D eigenvalue weighted by Gasteiger charge is 2.27. The first-order chi connectivity index (χ1) is 17.0. The number of aromatic nitrogens is 3. The van der Waals surface area contributed by atoms with E-state index in [0.29, 0.717) is 30.5 Å². The summed E-state index contributed by atoms with van der Waals surface area (Å²) in [5.74, 6) is 0.919. The number of hydrogen-bond donors (Lipinski definition) is 3. The minimum atomic E-state index is -0.302. The monoisotopic (exact) mass is 475 g/mol. The molecule has 9 heteroatoms. The van der Waals surface area contributed by atoms with E-state index in [1.165, 1.54) is 0 Å². The molecular formula is C26H33N7O2. The molecule has 4 N–H and O–H groups in total. The third-order valence-electron chi connectivity index (χ3n) is 6.15. The molecule has 1 amide bonds. The van der Waals surface area contributed by atoms with Gasteiger partial charge in [0, 0.05) is 37.9 Å². The summed E-state index contributed by atoms with van der Waals surface area (Å²) in [6, 6.07) is 11.6. The molecule has 3 aromatic rings. The first kappa shape index (κ1) is 24.5. The minimum Gasteiger partial charge on any atom is -0.385 e. The fourth-order valence-electron chi connectivity index (χ4n) is 4.32. The number of anilines is 1. The van der Waals surface area contributed by atoms with Gasteiger partial charge < -0.3 is 21.1 Å². The Bertz CT molecular complexity index is 1180. The number of nitrogens with two attached hydrogens (primary N) is 1. The van der Waals surface area contributed by atoms with Crippen molar-refractivity contribution in [1.29, 1.82) is 0 Å². The molecule has 0 spiro atoms. The van der Waals surface area contributed by atoms with Gasteiger partial charge in [0.25, 0.3) is 5.91 Å². The van der Waals surface area contributed by atoms with E-state index in [2.05, 4.69) is 25.6 Å². The molecule has 1 aliphatic rings. The molecule has 2 aromatic heterocycles. The molecule has 9 nitrogen and oxygen atoms in total. The van der Waals surface area contributed by atoms with E-state index in [4.69, 9.17) is 15.5 Å². The first-order valence-corrected chi connectivity index (χ1v) is 12.1. The van der Waals surface area contributed by atoms with E-state index in [9.17, 15) is 4.79 Å². The Morgan fingerprint density at radius 2 is 2.06 bits per heavy atom. The molecule has 0 radical (unpaired) electrons. The van der Waals surface area contributed by atoms with Crippen molar-refractivity contribution in [2.24, 2.45) is 10.7 Å². The van der Waals surface area contributed by atoms with E-state index in [0.717, 1.165) is 48.6 Å². The minimum absolute atomic E-state index is 0.0214. The van der Waals surface area contributed by atoms with Gasteiger partial charge in [-0.2, -0.15) is 0 Å². The van der Waals surface area contributed by atoms with E-state index < -0.39 is 0 Å². The molecule has 35 heavy (non-hydrogen) atoms. The number of ether oxygens (including phenoxy) is 1. The highest BCUT2D eigenvalue weighted by molar-refractivity contribution is 5.97. The first-order valence-electron chi connectivity index (χ1n) is 12.1. The van der Waals surface area contributed by atoms with Gasteiger partial charge in [0.05, 0.1) is 11.6 Å². The van der Waals surface area contributed by atoms with E-state index in [-0.39, 0.29) is 23.8 Å². The second kappa shape index (κ2) is 11.7. The summed E-state index contributed by atoms with van der Waals surface area (Å²) in [5.41, 5.74) is 8.79. The number of amidine groups is 1. The van der Waals surface area contributed by atoms with Crippen molar-refractivity contribution in [1.82, 2.24) is 20.3 Å². The maximum absolute atomic E-state index is 12.8. The van der Waals surface area contributed by atoms with Gasteiger partial charge in [-0.25, -0.2) is 9.97 Å². The van der Waals surface area contributed by atoms with Gasteiger partial charge >= 0.3 is 0 Å². The Labute approximate surface area is 205 Å².